The monoisotopic (exact) mass is 1260 g/mol. The van der Waals surface area contributed by atoms with Gasteiger partial charge in [-0.2, -0.15) is 0 Å². The molecule has 0 spiro atoms. The largest absolute Gasteiger partial charge is 0.512 e. The van der Waals surface area contributed by atoms with E-state index in [4.69, 9.17) is 10.2 Å². The van der Waals surface area contributed by atoms with Crippen LogP contribution in [-0.4, -0.2) is 31.7 Å². The number of rotatable bonds is 8. The van der Waals surface area contributed by atoms with Gasteiger partial charge >= 0.3 is 0 Å². The number of ketones is 2. The van der Waals surface area contributed by atoms with Crippen LogP contribution >= 0.6 is 0 Å². The minimum absolute atomic E-state index is 0. The number of pyridine rings is 2. The first-order valence-corrected chi connectivity index (χ1v) is 21.7. The van der Waals surface area contributed by atoms with Gasteiger partial charge in [-0.1, -0.05) is 183 Å². The Morgan fingerprint density at radius 2 is 0.735 bits per heavy atom. The summed E-state index contributed by atoms with van der Waals surface area (Å²) in [5, 5.41) is 16.7. The number of benzene rings is 6. The fourth-order valence-corrected chi connectivity index (χ4v) is 6.62. The first kappa shape index (κ1) is 55.7. The van der Waals surface area contributed by atoms with Crippen molar-refractivity contribution in [1.82, 2.24) is 9.97 Å². The summed E-state index contributed by atoms with van der Waals surface area (Å²) >= 11 is 0. The first-order valence-electron chi connectivity index (χ1n) is 21.7. The van der Waals surface area contributed by atoms with Gasteiger partial charge in [-0.3, -0.25) is 9.59 Å². The Morgan fingerprint density at radius 3 is 0.985 bits per heavy atom. The molecule has 0 aliphatic rings. The molecule has 352 valence electrons. The van der Waals surface area contributed by atoms with Crippen LogP contribution in [0.2, 0.25) is 0 Å². The van der Waals surface area contributed by atoms with E-state index in [1.807, 2.05) is 79.1 Å². The predicted octanol–water partition coefficient (Wildman–Crippen LogP) is 15.1. The molecule has 2 heterocycles. The van der Waals surface area contributed by atoms with Crippen molar-refractivity contribution < 1.29 is 61.9 Å². The maximum Gasteiger partial charge on any atom is 0.155 e. The second-order valence-electron chi connectivity index (χ2n) is 16.6. The summed E-state index contributed by atoms with van der Waals surface area (Å²) in [6.07, 6.45) is 6.18. The third kappa shape index (κ3) is 18.2. The zero-order valence-electron chi connectivity index (χ0n) is 39.3. The van der Waals surface area contributed by atoms with E-state index in [-0.39, 0.29) is 70.6 Å². The number of nitrogens with zero attached hydrogens (tertiary/aromatic N) is 2. The van der Waals surface area contributed by atoms with Crippen LogP contribution in [-0.2, 0) is 57.1 Å². The Balaban J connectivity index is 0.000000277. The van der Waals surface area contributed by atoms with Gasteiger partial charge in [0.25, 0.3) is 0 Å². The molecule has 0 amide bonds. The van der Waals surface area contributed by atoms with E-state index < -0.39 is 0 Å². The van der Waals surface area contributed by atoms with Crippen molar-refractivity contribution in [2.24, 2.45) is 0 Å². The SMILES string of the molecule is CC(=O)C=C(C)O.CC(=O)C=C(C)O.CC(C)(C)c1ccc(-c2c[c-]c(-c3ccc(-c4ccccc4)cn3)cc2)cc1.[Pt].[Pt].[c-]1cc(-c2ccccc2)ccc1-c1ccc(-c2ccccc2)cn1. The first-order chi connectivity index (χ1) is 31.7. The van der Waals surface area contributed by atoms with E-state index in [0.717, 1.165) is 33.6 Å². The molecule has 0 saturated heterocycles. The third-order valence-electron chi connectivity index (χ3n) is 9.93. The smallest absolute Gasteiger partial charge is 0.155 e. The summed E-state index contributed by atoms with van der Waals surface area (Å²) in [5.74, 6) is -0.125. The molecule has 0 fully saturated rings. The minimum atomic E-state index is -0.125. The molecule has 2 N–H and O–H groups in total. The van der Waals surface area contributed by atoms with Crippen LogP contribution in [0.3, 0.4) is 0 Å². The Kier molecular flexibility index (Phi) is 22.9. The molecule has 8 heteroatoms. The number of aliphatic hydroxyl groups excluding tert-OH is 2. The fraction of sp³-hybridized carbons (Fsp3) is 0.133. The molecule has 0 saturated carbocycles. The van der Waals surface area contributed by atoms with Gasteiger partial charge in [-0.05, 0) is 72.3 Å². The topological polar surface area (TPSA) is 100 Å². The molecule has 0 atom stereocenters. The molecule has 0 unspecified atom stereocenters. The summed E-state index contributed by atoms with van der Waals surface area (Å²) in [6, 6.07) is 67.3. The second kappa shape index (κ2) is 27.9. The van der Waals surface area contributed by atoms with E-state index in [2.05, 4.69) is 152 Å². The molecule has 0 radical (unpaired) electrons. The Labute approximate surface area is 431 Å². The number of allylic oxidation sites excluding steroid dienone is 4. The van der Waals surface area contributed by atoms with Crippen LogP contribution in [0.25, 0.3) is 67.0 Å². The number of hydrogen-bond donors (Lipinski definition) is 2. The van der Waals surface area contributed by atoms with Crippen LogP contribution < -0.4 is 0 Å². The molecule has 68 heavy (non-hydrogen) atoms. The van der Waals surface area contributed by atoms with E-state index in [1.165, 1.54) is 78.8 Å². The zero-order chi connectivity index (χ0) is 47.5. The standard InChI is InChI=1S/C27H24N.C23H16N.2C5H8O2.2Pt/c1-27(2,3)25-16-13-22(14-17-25)21-9-11-23(12-10-21)26-18-15-24(19-28-26)20-7-5-4-6-8-20;1-3-7-18(8-4-1)20-11-13-21(14-12-20)23-16-15-22(17-24-23)19-9-5-2-6-10-19;2*1-4(6)3-5(2)7;;/h4-11,13-19H,1-3H3;1-13,15-17H;2*3,6H,1-2H3;;/q2*-1;;;;. The average molecular weight is 1260 g/mol. The summed E-state index contributed by atoms with van der Waals surface area (Å²) in [7, 11) is 0. The Morgan fingerprint density at radius 1 is 0.426 bits per heavy atom. The maximum atomic E-state index is 10.0. The van der Waals surface area contributed by atoms with E-state index in [9.17, 15) is 9.59 Å². The van der Waals surface area contributed by atoms with Crippen molar-refractivity contribution in [3.05, 3.63) is 230 Å². The van der Waals surface area contributed by atoms with Crippen LogP contribution in [0.4, 0.5) is 0 Å². The van der Waals surface area contributed by atoms with Crippen molar-refractivity contribution in [2.75, 3.05) is 0 Å². The minimum Gasteiger partial charge on any atom is -0.512 e. The zero-order valence-corrected chi connectivity index (χ0v) is 43.8. The second-order valence-corrected chi connectivity index (χ2v) is 16.6. The van der Waals surface area contributed by atoms with E-state index in [1.54, 1.807) is 0 Å². The number of carbonyl (C=O) groups excluding carboxylic acids is 2. The van der Waals surface area contributed by atoms with Crippen LogP contribution in [0.5, 0.6) is 0 Å². The van der Waals surface area contributed by atoms with Crippen molar-refractivity contribution in [1.29, 1.82) is 0 Å². The number of carbonyl (C=O) groups is 2. The van der Waals surface area contributed by atoms with Crippen molar-refractivity contribution >= 4 is 11.6 Å². The van der Waals surface area contributed by atoms with Gasteiger partial charge < -0.3 is 20.2 Å². The average Bonchev–Trinajstić information content (AvgIpc) is 3.32. The van der Waals surface area contributed by atoms with Gasteiger partial charge in [0.2, 0.25) is 0 Å². The molecule has 6 aromatic carbocycles. The van der Waals surface area contributed by atoms with Gasteiger partial charge in [-0.15, -0.1) is 59.7 Å². The molecule has 2 aromatic heterocycles. The normalized spacial score (nSPS) is 10.8. The predicted molar refractivity (Wildman–Crippen MR) is 272 cm³/mol. The molecule has 0 bridgehead atoms. The Bertz CT molecular complexity index is 2690. The van der Waals surface area contributed by atoms with Crippen molar-refractivity contribution in [2.45, 2.75) is 53.9 Å². The molecule has 8 rings (SSSR count). The van der Waals surface area contributed by atoms with Crippen molar-refractivity contribution in [3.8, 4) is 67.0 Å². The van der Waals surface area contributed by atoms with Gasteiger partial charge in [-0.25, -0.2) is 0 Å². The Hall–Kier alpha value is -6.58. The van der Waals surface area contributed by atoms with Crippen LogP contribution in [0.1, 0.15) is 54.0 Å². The summed E-state index contributed by atoms with van der Waals surface area (Å²) in [4.78, 5) is 29.3. The molecule has 0 aliphatic heterocycles. The van der Waals surface area contributed by atoms with Gasteiger partial charge in [0.1, 0.15) is 0 Å². The van der Waals surface area contributed by atoms with Crippen LogP contribution in [0.15, 0.2) is 212 Å². The maximum absolute atomic E-state index is 10.0. The fourth-order valence-electron chi connectivity index (χ4n) is 6.62. The van der Waals surface area contributed by atoms with Crippen molar-refractivity contribution in [3.63, 3.8) is 0 Å². The number of aliphatic hydroxyl groups is 2. The quantitative estimate of drug-likeness (QED) is 0.0893. The molecule has 6 nitrogen and oxygen atoms in total. The molecule has 0 aliphatic carbocycles. The summed E-state index contributed by atoms with van der Waals surface area (Å²) in [6.45, 7) is 12.4. The molecule has 8 aromatic rings. The number of hydrogen-bond acceptors (Lipinski definition) is 6. The summed E-state index contributed by atoms with van der Waals surface area (Å²) in [5.41, 5.74) is 14.8. The molecular formula is C60H56N2O4Pt2-2. The van der Waals surface area contributed by atoms with Gasteiger partial charge in [0, 0.05) is 66.7 Å². The van der Waals surface area contributed by atoms with Gasteiger partial charge in [0.15, 0.2) is 11.6 Å². The number of aromatic nitrogens is 2. The van der Waals surface area contributed by atoms with Gasteiger partial charge in [0.05, 0.1) is 11.5 Å². The van der Waals surface area contributed by atoms with E-state index >= 15 is 0 Å². The summed E-state index contributed by atoms with van der Waals surface area (Å²) < 4.78 is 0. The van der Waals surface area contributed by atoms with E-state index in [0.29, 0.717) is 0 Å². The third-order valence-corrected chi connectivity index (χ3v) is 9.93. The van der Waals surface area contributed by atoms with Crippen LogP contribution in [0, 0.1) is 12.1 Å². The molecular weight excluding hydrogens is 1200 g/mol.